The van der Waals surface area contributed by atoms with Crippen molar-refractivity contribution in [3.05, 3.63) is 102 Å². The van der Waals surface area contributed by atoms with Gasteiger partial charge in [-0.1, -0.05) is 6.07 Å². The molecule has 2 saturated carbocycles. The zero-order valence-electron chi connectivity index (χ0n) is 37.9. The number of halogens is 6. The van der Waals surface area contributed by atoms with Crippen molar-refractivity contribution in [2.75, 3.05) is 76.6 Å². The summed E-state index contributed by atoms with van der Waals surface area (Å²) in [6.07, 6.45) is 4.55. The number of hydrogen-bond donors (Lipinski definition) is 2. The van der Waals surface area contributed by atoms with Crippen molar-refractivity contribution in [2.24, 2.45) is 23.7 Å². The quantitative estimate of drug-likeness (QED) is 0.134. The Labute approximate surface area is 394 Å². The summed E-state index contributed by atoms with van der Waals surface area (Å²) in [4.78, 5) is 25.5. The van der Waals surface area contributed by atoms with Crippen LogP contribution in [0.1, 0.15) is 44.2 Å². The monoisotopic (exact) mass is 954 g/mol. The fourth-order valence-electron chi connectivity index (χ4n) is 11.4. The standard InChI is InChI=1S/C24H24F5N7.C24H28FN7O/c25-16-8-17(26)10-19(9-16)35-6-1-7-36-23(35)32-22(33-36)31-21-14-2-3-15(21)13-34(12-14)18-4-5-30-20(11-18)24(27,28)29;1-33-21-13-19(8-9-26-21)30-14-16-6-7-17(15-30)22(16)27-23-28-24-31(10-3-11-32(24)29-23)20-5-2-4-18(25)12-20/h4-5,8-11,14-15,21H,1-3,6-7,12-13H2,(H,31,33);2,4-5,8-9,12-13,16-17,22H,3,6-7,10-11,14-15H2,1H3,(H,27,29)/t14-,15+,21?;16-,17+,22?. The van der Waals surface area contributed by atoms with Gasteiger partial charge in [0.25, 0.3) is 0 Å². The van der Waals surface area contributed by atoms with Gasteiger partial charge in [-0.15, -0.1) is 10.2 Å². The average Bonchev–Trinajstić information content (AvgIpc) is 4.07. The molecule has 4 fully saturated rings. The predicted octanol–water partition coefficient (Wildman–Crippen LogP) is 8.53. The first-order valence-electron chi connectivity index (χ1n) is 23.6. The van der Waals surface area contributed by atoms with Gasteiger partial charge in [0.15, 0.2) is 0 Å². The van der Waals surface area contributed by atoms with E-state index < -0.39 is 23.5 Å². The first kappa shape index (κ1) is 44.7. The number of nitrogens with one attached hydrogen (secondary N) is 2. The Morgan fingerprint density at radius 1 is 0.565 bits per heavy atom. The van der Waals surface area contributed by atoms with Gasteiger partial charge in [0, 0.05) is 112 Å². The molecule has 6 aromatic rings. The van der Waals surface area contributed by atoms with Crippen molar-refractivity contribution < 1.29 is 31.1 Å². The minimum Gasteiger partial charge on any atom is -0.481 e. The van der Waals surface area contributed by atoms with Crippen LogP contribution in [-0.4, -0.2) is 98.0 Å². The third-order valence-electron chi connectivity index (χ3n) is 14.5. The van der Waals surface area contributed by atoms with Crippen molar-refractivity contribution in [1.29, 1.82) is 0 Å². The number of pyridine rings is 2. The van der Waals surface area contributed by atoms with Gasteiger partial charge in [-0.3, -0.25) is 4.98 Å². The molecule has 4 aliphatic heterocycles. The SMILES string of the molecule is COc1cc(N2C[C@H]3CC[C@@H](C2)C3Nc2nc3n(n2)CCCN3c2cccc(F)c2)ccn1.Fc1cc(F)cc(N2CCCn3nc(NC4[C@@H]5CC[C@H]4CN(c4ccnc(C(F)(F)F)c4)C5)nc32)c1. The van der Waals surface area contributed by atoms with Crippen molar-refractivity contribution in [3.63, 3.8) is 0 Å². The Kier molecular flexibility index (Phi) is 11.8. The van der Waals surface area contributed by atoms with Crippen molar-refractivity contribution in [3.8, 4) is 5.88 Å². The summed E-state index contributed by atoms with van der Waals surface area (Å²) in [5.74, 6) is 3.04. The lowest BCUT2D eigenvalue weighted by Gasteiger charge is -2.39. The molecular weight excluding hydrogens is 903 g/mol. The molecule has 2 aliphatic carbocycles. The van der Waals surface area contributed by atoms with Crippen LogP contribution in [-0.2, 0) is 19.3 Å². The number of nitrogens with zero attached hydrogens (tertiary/aromatic N) is 12. The van der Waals surface area contributed by atoms with E-state index in [1.807, 2.05) is 27.9 Å². The van der Waals surface area contributed by atoms with Crippen LogP contribution in [0.15, 0.2) is 79.1 Å². The van der Waals surface area contributed by atoms with Gasteiger partial charge in [-0.25, -0.2) is 27.5 Å². The normalized spacial score (nSPS) is 23.8. The van der Waals surface area contributed by atoms with Crippen LogP contribution in [0.4, 0.5) is 72.9 Å². The molecular formula is C48H52F6N14O. The highest BCUT2D eigenvalue weighted by atomic mass is 19.4. The van der Waals surface area contributed by atoms with Gasteiger partial charge >= 0.3 is 6.18 Å². The van der Waals surface area contributed by atoms with Crippen molar-refractivity contribution in [2.45, 2.75) is 69.9 Å². The van der Waals surface area contributed by atoms with Gasteiger partial charge in [0.2, 0.25) is 29.7 Å². The molecule has 0 spiro atoms. The number of benzene rings is 2. The van der Waals surface area contributed by atoms with Crippen LogP contribution in [0.25, 0.3) is 0 Å². The summed E-state index contributed by atoms with van der Waals surface area (Å²) in [6.45, 7) is 6.07. The van der Waals surface area contributed by atoms with Crippen LogP contribution >= 0.6 is 0 Å². The second-order valence-corrected chi connectivity index (χ2v) is 18.8. The summed E-state index contributed by atoms with van der Waals surface area (Å²) in [7, 11) is 1.65. The van der Waals surface area contributed by atoms with E-state index in [0.717, 1.165) is 75.6 Å². The second kappa shape index (κ2) is 18.3. The molecule has 2 saturated heterocycles. The molecule has 12 rings (SSSR count). The molecule has 0 amide bonds. The minimum absolute atomic E-state index is 0.0923. The molecule has 8 heterocycles. The molecule has 15 nitrogen and oxygen atoms in total. The van der Waals surface area contributed by atoms with E-state index in [1.54, 1.807) is 34.9 Å². The van der Waals surface area contributed by atoms with Gasteiger partial charge in [0.05, 0.1) is 7.11 Å². The largest absolute Gasteiger partial charge is 0.481 e. The molecule has 0 radical (unpaired) electrons. The fraction of sp³-hybridized carbons (Fsp3) is 0.458. The van der Waals surface area contributed by atoms with Crippen LogP contribution < -0.4 is 35.0 Å². The second-order valence-electron chi connectivity index (χ2n) is 18.8. The highest BCUT2D eigenvalue weighted by Gasteiger charge is 2.45. The third-order valence-corrected chi connectivity index (χ3v) is 14.5. The lowest BCUT2D eigenvalue weighted by molar-refractivity contribution is -0.141. The number of aryl methyl sites for hydroxylation is 2. The first-order valence-corrected chi connectivity index (χ1v) is 23.6. The number of hydrogen-bond acceptors (Lipinski definition) is 13. The topological polar surface area (TPSA) is 133 Å². The van der Waals surface area contributed by atoms with E-state index in [-0.39, 0.29) is 23.7 Å². The summed E-state index contributed by atoms with van der Waals surface area (Å²) < 4.78 is 89.8. The van der Waals surface area contributed by atoms with Crippen molar-refractivity contribution >= 4 is 46.5 Å². The number of fused-ring (bicyclic) bond motifs is 6. The number of ether oxygens (including phenoxy) is 1. The van der Waals surface area contributed by atoms with E-state index in [9.17, 15) is 26.3 Å². The summed E-state index contributed by atoms with van der Waals surface area (Å²) in [5.41, 5.74) is 2.01. The minimum atomic E-state index is -4.48. The molecule has 362 valence electrons. The predicted molar refractivity (Wildman–Crippen MR) is 248 cm³/mol. The summed E-state index contributed by atoms with van der Waals surface area (Å²) in [5, 5.41) is 16.5. The number of alkyl halides is 3. The van der Waals surface area contributed by atoms with Gasteiger partial charge in [-0.05, 0) is 111 Å². The highest BCUT2D eigenvalue weighted by Crippen LogP contribution is 2.43. The maximum atomic E-state index is 13.8. The lowest BCUT2D eigenvalue weighted by atomic mass is 9.92. The average molecular weight is 955 g/mol. The van der Waals surface area contributed by atoms with E-state index in [4.69, 9.17) is 14.8 Å². The fourth-order valence-corrected chi connectivity index (χ4v) is 11.4. The van der Waals surface area contributed by atoms with E-state index in [0.29, 0.717) is 79.2 Å². The lowest BCUT2D eigenvalue weighted by Crippen LogP contribution is -2.48. The Morgan fingerprint density at radius 3 is 1.59 bits per heavy atom. The van der Waals surface area contributed by atoms with E-state index in [1.165, 1.54) is 42.9 Å². The van der Waals surface area contributed by atoms with Gasteiger partial charge < -0.3 is 35.0 Å². The molecule has 69 heavy (non-hydrogen) atoms. The number of piperidine rings is 2. The molecule has 21 heteroatoms. The molecule has 4 bridgehead atoms. The molecule has 2 N–H and O–H groups in total. The van der Waals surface area contributed by atoms with E-state index in [2.05, 4.69) is 46.6 Å². The molecule has 2 unspecified atom stereocenters. The molecule has 4 aromatic heterocycles. The van der Waals surface area contributed by atoms with Gasteiger partial charge in [-0.2, -0.15) is 23.1 Å². The Bertz CT molecular complexity index is 2760. The number of anilines is 8. The highest BCUT2D eigenvalue weighted by molar-refractivity contribution is 5.61. The Morgan fingerprint density at radius 2 is 1.07 bits per heavy atom. The van der Waals surface area contributed by atoms with Crippen LogP contribution in [0.3, 0.4) is 0 Å². The number of methoxy groups -OCH3 is 1. The smallest absolute Gasteiger partial charge is 0.433 e. The summed E-state index contributed by atoms with van der Waals surface area (Å²) in [6, 6.07) is 17.3. The Hall–Kier alpha value is -6.80. The maximum Gasteiger partial charge on any atom is 0.433 e. The zero-order chi connectivity index (χ0) is 47.4. The number of aromatic nitrogens is 8. The first-order chi connectivity index (χ1) is 33.4. The molecule has 2 aromatic carbocycles. The maximum absolute atomic E-state index is 13.8. The zero-order valence-corrected chi connectivity index (χ0v) is 37.9. The van der Waals surface area contributed by atoms with Gasteiger partial charge in [0.1, 0.15) is 23.1 Å². The third kappa shape index (κ3) is 9.14. The van der Waals surface area contributed by atoms with E-state index >= 15 is 0 Å². The molecule has 6 atom stereocenters. The van der Waals surface area contributed by atoms with Crippen LogP contribution in [0.5, 0.6) is 5.88 Å². The Balaban J connectivity index is 0.000000151. The number of rotatable bonds is 9. The molecule has 6 aliphatic rings. The summed E-state index contributed by atoms with van der Waals surface area (Å²) >= 11 is 0. The van der Waals surface area contributed by atoms with Crippen molar-refractivity contribution in [1.82, 2.24) is 39.5 Å². The van der Waals surface area contributed by atoms with Crippen LogP contribution in [0.2, 0.25) is 0 Å². The van der Waals surface area contributed by atoms with Crippen LogP contribution in [0, 0.1) is 41.1 Å².